The second-order valence-corrected chi connectivity index (χ2v) is 6.53. The van der Waals surface area contributed by atoms with Crippen molar-refractivity contribution in [3.63, 3.8) is 0 Å². The summed E-state index contributed by atoms with van der Waals surface area (Å²) in [6, 6.07) is -1.15. The molecule has 0 aromatic heterocycles. The van der Waals surface area contributed by atoms with Crippen LogP contribution in [0.15, 0.2) is 0 Å². The topological polar surface area (TPSA) is 116 Å². The molecule has 0 aliphatic carbocycles. The number of nitrogens with zero attached hydrogens (tertiary/aromatic N) is 1. The average molecular weight is 360 g/mol. The minimum Gasteiger partial charge on any atom is -0.394 e. The van der Waals surface area contributed by atoms with E-state index in [1.54, 1.807) is 0 Å². The summed E-state index contributed by atoms with van der Waals surface area (Å²) in [6.07, 6.45) is 12.5. The van der Waals surface area contributed by atoms with Crippen molar-refractivity contribution in [2.45, 2.75) is 83.6 Å². The zero-order valence-electron chi connectivity index (χ0n) is 15.7. The molecule has 0 bridgehead atoms. The monoisotopic (exact) mass is 359 g/mol. The van der Waals surface area contributed by atoms with Crippen LogP contribution in [-0.4, -0.2) is 52.9 Å². The van der Waals surface area contributed by atoms with Crippen molar-refractivity contribution in [1.29, 1.82) is 0 Å². The Kier molecular flexibility index (Phi) is 15.5. The molecule has 5 N–H and O–H groups in total. The summed E-state index contributed by atoms with van der Waals surface area (Å²) in [5.74, 6) is -0.995. The Morgan fingerprint density at radius 3 is 2.04 bits per heavy atom. The number of unbranched alkanes of at least 4 members (excludes halogenated alkanes) is 9. The molecular weight excluding hydrogens is 322 g/mol. The minimum absolute atomic E-state index is 0.0121. The number of amides is 2. The second kappa shape index (κ2) is 16.3. The fourth-order valence-electron chi connectivity index (χ4n) is 2.52. The molecule has 0 radical (unpaired) electrons. The quantitative estimate of drug-likeness (QED) is 0.191. The van der Waals surface area contributed by atoms with Gasteiger partial charge in [0, 0.05) is 13.0 Å². The van der Waals surface area contributed by atoms with Gasteiger partial charge in [-0.3, -0.25) is 14.8 Å². The highest BCUT2D eigenvalue weighted by molar-refractivity contribution is 5.81. The van der Waals surface area contributed by atoms with Gasteiger partial charge < -0.3 is 16.2 Å². The number of aliphatic hydroxyl groups excluding tert-OH is 1. The summed E-state index contributed by atoms with van der Waals surface area (Å²) >= 11 is 0. The molecule has 0 rings (SSSR count). The molecule has 0 aliphatic heterocycles. The van der Waals surface area contributed by atoms with Crippen LogP contribution in [0, 0.1) is 0 Å². The van der Waals surface area contributed by atoms with Crippen LogP contribution in [0.2, 0.25) is 0 Å². The van der Waals surface area contributed by atoms with Crippen LogP contribution < -0.4 is 11.1 Å². The Morgan fingerprint density at radius 1 is 1.00 bits per heavy atom. The molecule has 0 aromatic rings. The molecule has 0 spiro atoms. The minimum atomic E-state index is -1.15. The molecule has 7 nitrogen and oxygen atoms in total. The van der Waals surface area contributed by atoms with Gasteiger partial charge in [0.15, 0.2) is 0 Å². The lowest BCUT2D eigenvalue weighted by atomic mass is 10.1. The fraction of sp³-hybridized carbons (Fsp3) is 0.889. The molecule has 0 aromatic carbocycles. The molecule has 0 aliphatic rings. The number of aliphatic hydroxyl groups is 1. The van der Waals surface area contributed by atoms with Crippen LogP contribution in [0.3, 0.4) is 0 Å². The number of carbonyl (C=O) groups is 2. The Balaban J connectivity index is 3.45. The summed E-state index contributed by atoms with van der Waals surface area (Å²) in [5, 5.41) is 21.3. The van der Waals surface area contributed by atoms with Gasteiger partial charge in [0.05, 0.1) is 13.2 Å². The first kappa shape index (κ1) is 23.8. The van der Waals surface area contributed by atoms with Crippen molar-refractivity contribution in [2.75, 3.05) is 19.7 Å². The Labute approximate surface area is 151 Å². The van der Waals surface area contributed by atoms with Gasteiger partial charge in [-0.2, -0.15) is 0 Å². The number of carbonyl (C=O) groups excluding carboxylic acids is 2. The maximum absolute atomic E-state index is 11.6. The summed E-state index contributed by atoms with van der Waals surface area (Å²) in [6.45, 7) is 2.17. The maximum Gasteiger partial charge on any atom is 0.265 e. The van der Waals surface area contributed by atoms with Crippen LogP contribution in [0.25, 0.3) is 0 Å². The lowest BCUT2D eigenvalue weighted by molar-refractivity contribution is -0.168. The van der Waals surface area contributed by atoms with Crippen LogP contribution >= 0.6 is 0 Å². The second-order valence-electron chi connectivity index (χ2n) is 6.53. The van der Waals surface area contributed by atoms with E-state index in [9.17, 15) is 14.8 Å². The molecule has 1 atom stereocenters. The van der Waals surface area contributed by atoms with Gasteiger partial charge in [-0.05, 0) is 6.42 Å². The number of hydroxylamine groups is 2. The molecule has 0 fully saturated rings. The highest BCUT2D eigenvalue weighted by atomic mass is 16.5. The van der Waals surface area contributed by atoms with Gasteiger partial charge in [0.25, 0.3) is 5.91 Å². The first-order chi connectivity index (χ1) is 12.0. The van der Waals surface area contributed by atoms with Crippen LogP contribution in [0.4, 0.5) is 0 Å². The van der Waals surface area contributed by atoms with Gasteiger partial charge in [0.2, 0.25) is 5.91 Å². The van der Waals surface area contributed by atoms with E-state index in [1.165, 1.54) is 51.4 Å². The van der Waals surface area contributed by atoms with Crippen molar-refractivity contribution in [2.24, 2.45) is 5.73 Å². The summed E-state index contributed by atoms with van der Waals surface area (Å²) < 4.78 is 0. The predicted octanol–water partition coefficient (Wildman–Crippen LogP) is 1.95. The molecule has 2 amide bonds. The van der Waals surface area contributed by atoms with Crippen LogP contribution in [-0.2, 0) is 9.59 Å². The fourth-order valence-corrected chi connectivity index (χ4v) is 2.52. The van der Waals surface area contributed by atoms with Gasteiger partial charge in [-0.25, -0.2) is 5.06 Å². The number of hydrogen-bond donors (Lipinski definition) is 4. The summed E-state index contributed by atoms with van der Waals surface area (Å²) in [5.41, 5.74) is 5.30. The van der Waals surface area contributed by atoms with Gasteiger partial charge in [-0.15, -0.1) is 0 Å². The zero-order chi connectivity index (χ0) is 18.9. The Morgan fingerprint density at radius 2 is 1.52 bits per heavy atom. The maximum atomic E-state index is 11.6. The average Bonchev–Trinajstić information content (AvgIpc) is 2.62. The Hall–Kier alpha value is -1.18. The molecule has 0 heterocycles. The number of rotatable bonds is 16. The first-order valence-corrected chi connectivity index (χ1v) is 9.66. The largest absolute Gasteiger partial charge is 0.394 e. The van der Waals surface area contributed by atoms with Gasteiger partial charge >= 0.3 is 0 Å². The van der Waals surface area contributed by atoms with Gasteiger partial charge in [0.1, 0.15) is 6.04 Å². The molecule has 7 heteroatoms. The highest BCUT2D eigenvalue weighted by Gasteiger charge is 2.19. The molecule has 0 saturated carbocycles. The summed E-state index contributed by atoms with van der Waals surface area (Å²) in [4.78, 5) is 23.0. The SMILES string of the molecule is CCCCCCCCCCCCNC(=O)CCN(O)C(=O)[C@@H](N)CO. The lowest BCUT2D eigenvalue weighted by Crippen LogP contribution is -2.45. The van der Waals surface area contributed by atoms with E-state index in [4.69, 9.17) is 10.8 Å². The smallest absolute Gasteiger partial charge is 0.265 e. The third-order valence-electron chi connectivity index (χ3n) is 4.17. The van der Waals surface area contributed by atoms with Crippen LogP contribution in [0.1, 0.15) is 77.6 Å². The van der Waals surface area contributed by atoms with Crippen molar-refractivity contribution >= 4 is 11.8 Å². The van der Waals surface area contributed by atoms with Crippen molar-refractivity contribution < 1.29 is 19.9 Å². The molecule has 0 saturated heterocycles. The van der Waals surface area contributed by atoms with Crippen molar-refractivity contribution in [3.05, 3.63) is 0 Å². The normalized spacial score (nSPS) is 12.0. The zero-order valence-corrected chi connectivity index (χ0v) is 15.7. The predicted molar refractivity (Wildman–Crippen MR) is 98.0 cm³/mol. The first-order valence-electron chi connectivity index (χ1n) is 9.66. The van der Waals surface area contributed by atoms with E-state index in [2.05, 4.69) is 12.2 Å². The van der Waals surface area contributed by atoms with E-state index < -0.39 is 18.6 Å². The molecule has 25 heavy (non-hydrogen) atoms. The summed E-state index contributed by atoms with van der Waals surface area (Å²) in [7, 11) is 0. The molecular formula is C18H37N3O4. The van der Waals surface area contributed by atoms with Gasteiger partial charge in [-0.1, -0.05) is 64.7 Å². The third-order valence-corrected chi connectivity index (χ3v) is 4.17. The van der Waals surface area contributed by atoms with E-state index in [0.717, 1.165) is 12.8 Å². The number of nitrogens with one attached hydrogen (secondary N) is 1. The standard InChI is InChI=1S/C18H37N3O4/c1-2-3-4-5-6-7-8-9-10-11-13-20-17(23)12-14-21(25)18(24)16(19)15-22/h16,22,25H,2-15,19H2,1H3,(H,20,23)/t16-/m0/s1. The van der Waals surface area contributed by atoms with E-state index in [-0.39, 0.29) is 18.9 Å². The Bertz CT molecular complexity index is 353. The molecule has 148 valence electrons. The van der Waals surface area contributed by atoms with Crippen molar-refractivity contribution in [1.82, 2.24) is 10.4 Å². The van der Waals surface area contributed by atoms with E-state index >= 15 is 0 Å². The highest BCUT2D eigenvalue weighted by Crippen LogP contribution is 2.10. The number of hydrogen-bond acceptors (Lipinski definition) is 5. The third kappa shape index (κ3) is 13.8. The molecule has 0 unspecified atom stereocenters. The number of nitrogens with two attached hydrogens (primary N) is 1. The van der Waals surface area contributed by atoms with E-state index in [0.29, 0.717) is 11.6 Å². The lowest BCUT2D eigenvalue weighted by Gasteiger charge is -2.17. The van der Waals surface area contributed by atoms with Crippen LogP contribution in [0.5, 0.6) is 0 Å². The van der Waals surface area contributed by atoms with Crippen molar-refractivity contribution in [3.8, 4) is 0 Å². The van der Waals surface area contributed by atoms with E-state index in [1.807, 2.05) is 0 Å².